The molecule has 1 amide bonds. The first-order chi connectivity index (χ1) is 10.4. The van der Waals surface area contributed by atoms with E-state index in [1.165, 1.54) is 23.9 Å². The van der Waals surface area contributed by atoms with Gasteiger partial charge in [-0.1, -0.05) is 6.07 Å². The molecule has 0 saturated carbocycles. The number of halogens is 1. The number of rotatable bonds is 7. The zero-order chi connectivity index (χ0) is 16.0. The normalized spacial score (nSPS) is 19.8. The second kappa shape index (κ2) is 7.82. The summed E-state index contributed by atoms with van der Waals surface area (Å²) in [6, 6.07) is 5.80. The number of ether oxygens (including phenoxy) is 1. The van der Waals surface area contributed by atoms with Crippen molar-refractivity contribution in [3.63, 3.8) is 0 Å². The van der Waals surface area contributed by atoms with E-state index in [-0.39, 0.29) is 40.8 Å². The molecule has 1 aromatic carbocycles. The predicted octanol–water partition coefficient (Wildman–Crippen LogP) is 1.24. The Kier molecular flexibility index (Phi) is 6.07. The molecule has 1 aromatic rings. The first-order valence-electron chi connectivity index (χ1n) is 6.92. The van der Waals surface area contributed by atoms with Crippen molar-refractivity contribution in [2.24, 2.45) is 0 Å². The van der Waals surface area contributed by atoms with Gasteiger partial charge in [0.1, 0.15) is 18.2 Å². The lowest BCUT2D eigenvalue weighted by atomic mass is 10.3. The zero-order valence-electron chi connectivity index (χ0n) is 12.0. The summed E-state index contributed by atoms with van der Waals surface area (Å²) in [5.74, 6) is 0.503. The minimum atomic E-state index is -2.90. The molecule has 1 aliphatic rings. The van der Waals surface area contributed by atoms with Crippen LogP contribution in [-0.4, -0.2) is 50.0 Å². The van der Waals surface area contributed by atoms with Gasteiger partial charge in [-0.2, -0.15) is 0 Å². The minimum absolute atomic E-state index is 0.0132. The van der Waals surface area contributed by atoms with Gasteiger partial charge in [0.25, 0.3) is 0 Å². The summed E-state index contributed by atoms with van der Waals surface area (Å²) in [5.41, 5.74) is 0. The van der Waals surface area contributed by atoms with Gasteiger partial charge in [0, 0.05) is 11.3 Å². The Morgan fingerprint density at radius 2 is 2.27 bits per heavy atom. The summed E-state index contributed by atoms with van der Waals surface area (Å²) < 4.78 is 40.8. The lowest BCUT2D eigenvalue weighted by molar-refractivity contribution is -0.118. The number of benzene rings is 1. The highest BCUT2D eigenvalue weighted by atomic mass is 32.2. The third-order valence-corrected chi connectivity index (χ3v) is 6.41. The Hall–Kier alpha value is -1.28. The highest BCUT2D eigenvalue weighted by molar-refractivity contribution is 8.02. The van der Waals surface area contributed by atoms with Crippen molar-refractivity contribution in [3.05, 3.63) is 30.1 Å². The van der Waals surface area contributed by atoms with E-state index in [0.29, 0.717) is 18.7 Å². The molecule has 22 heavy (non-hydrogen) atoms. The fourth-order valence-corrected chi connectivity index (χ4v) is 5.53. The highest BCUT2D eigenvalue weighted by Gasteiger charge is 2.28. The third-order valence-electron chi connectivity index (χ3n) is 3.13. The van der Waals surface area contributed by atoms with E-state index < -0.39 is 9.84 Å². The number of hydrogen-bond donors (Lipinski definition) is 1. The van der Waals surface area contributed by atoms with E-state index in [1.807, 2.05) is 0 Å². The summed E-state index contributed by atoms with van der Waals surface area (Å²) in [4.78, 5) is 11.6. The van der Waals surface area contributed by atoms with Crippen LogP contribution in [0.4, 0.5) is 4.39 Å². The van der Waals surface area contributed by atoms with E-state index in [1.54, 1.807) is 12.1 Å². The van der Waals surface area contributed by atoms with Crippen molar-refractivity contribution < 1.29 is 22.3 Å². The number of hydrogen-bond acceptors (Lipinski definition) is 5. The van der Waals surface area contributed by atoms with Gasteiger partial charge in [-0.05, 0) is 18.6 Å². The monoisotopic (exact) mass is 347 g/mol. The van der Waals surface area contributed by atoms with Crippen molar-refractivity contribution in [1.82, 2.24) is 5.32 Å². The van der Waals surface area contributed by atoms with Crippen molar-refractivity contribution in [2.45, 2.75) is 11.7 Å². The Balaban J connectivity index is 1.58. The summed E-state index contributed by atoms with van der Waals surface area (Å²) in [6.45, 7) is 0.566. The second-order valence-corrected chi connectivity index (χ2v) is 8.51. The Morgan fingerprint density at radius 1 is 1.45 bits per heavy atom. The van der Waals surface area contributed by atoms with Crippen LogP contribution >= 0.6 is 11.8 Å². The fraction of sp³-hybridized carbons (Fsp3) is 0.500. The zero-order valence-corrected chi connectivity index (χ0v) is 13.6. The molecular weight excluding hydrogens is 329 g/mol. The molecule has 0 radical (unpaired) electrons. The molecule has 0 unspecified atom stereocenters. The molecule has 0 spiro atoms. The first-order valence-corrected chi connectivity index (χ1v) is 9.79. The maximum absolute atomic E-state index is 12.9. The summed E-state index contributed by atoms with van der Waals surface area (Å²) >= 11 is 1.37. The number of nitrogens with one attached hydrogen (secondary N) is 1. The molecule has 122 valence electrons. The SMILES string of the molecule is O=C(CS[C@H]1CCS(=O)(=O)C1)NCCOc1cccc(F)c1. The number of thioether (sulfide) groups is 1. The van der Waals surface area contributed by atoms with Crippen LogP contribution in [-0.2, 0) is 14.6 Å². The maximum Gasteiger partial charge on any atom is 0.230 e. The summed E-state index contributed by atoms with van der Waals surface area (Å²) in [5, 5.41) is 2.70. The standard InChI is InChI=1S/C14H18FNO4S2/c15-11-2-1-3-12(8-11)20-6-5-16-14(17)9-21-13-4-7-22(18,19)10-13/h1-3,8,13H,4-7,9-10H2,(H,16,17)/t13-/m0/s1. The molecule has 0 aliphatic carbocycles. The van der Waals surface area contributed by atoms with Crippen molar-refractivity contribution in [3.8, 4) is 5.75 Å². The van der Waals surface area contributed by atoms with Crippen molar-refractivity contribution >= 4 is 27.5 Å². The minimum Gasteiger partial charge on any atom is -0.492 e. The summed E-state index contributed by atoms with van der Waals surface area (Å²) in [6.07, 6.45) is 0.614. The van der Waals surface area contributed by atoms with E-state index in [0.717, 1.165) is 0 Å². The van der Waals surface area contributed by atoms with Gasteiger partial charge in [-0.25, -0.2) is 12.8 Å². The second-order valence-electron chi connectivity index (χ2n) is 4.99. The van der Waals surface area contributed by atoms with Gasteiger partial charge in [-0.15, -0.1) is 11.8 Å². The number of amides is 1. The lowest BCUT2D eigenvalue weighted by Gasteiger charge is -2.09. The van der Waals surface area contributed by atoms with Gasteiger partial charge in [0.2, 0.25) is 5.91 Å². The largest absolute Gasteiger partial charge is 0.492 e. The molecule has 5 nitrogen and oxygen atoms in total. The van der Waals surface area contributed by atoms with Crippen LogP contribution in [0.15, 0.2) is 24.3 Å². The van der Waals surface area contributed by atoms with Crippen LogP contribution in [0, 0.1) is 5.82 Å². The van der Waals surface area contributed by atoms with Gasteiger partial charge in [0.15, 0.2) is 9.84 Å². The molecule has 1 aliphatic heterocycles. The van der Waals surface area contributed by atoms with Crippen LogP contribution in [0.25, 0.3) is 0 Å². The molecule has 2 rings (SSSR count). The van der Waals surface area contributed by atoms with E-state index in [9.17, 15) is 17.6 Å². The summed E-state index contributed by atoms with van der Waals surface area (Å²) in [7, 11) is -2.90. The van der Waals surface area contributed by atoms with Gasteiger partial charge >= 0.3 is 0 Å². The number of carbonyl (C=O) groups excluding carboxylic acids is 1. The van der Waals surface area contributed by atoms with Crippen molar-refractivity contribution in [2.75, 3.05) is 30.4 Å². The van der Waals surface area contributed by atoms with E-state index >= 15 is 0 Å². The third kappa shape index (κ3) is 5.84. The molecular formula is C14H18FNO4S2. The molecule has 0 bridgehead atoms. The molecule has 1 saturated heterocycles. The molecule has 1 heterocycles. The number of carbonyl (C=O) groups is 1. The Bertz CT molecular complexity index is 621. The van der Waals surface area contributed by atoms with E-state index in [2.05, 4.69) is 5.32 Å². The molecule has 1 N–H and O–H groups in total. The predicted molar refractivity (Wildman–Crippen MR) is 84.4 cm³/mol. The Labute approximate surface area is 133 Å². The van der Waals surface area contributed by atoms with Gasteiger partial charge < -0.3 is 10.1 Å². The fourth-order valence-electron chi connectivity index (χ4n) is 2.05. The van der Waals surface area contributed by atoms with Crippen molar-refractivity contribution in [1.29, 1.82) is 0 Å². The van der Waals surface area contributed by atoms with Crippen LogP contribution in [0.3, 0.4) is 0 Å². The molecule has 1 fully saturated rings. The van der Waals surface area contributed by atoms with Crippen LogP contribution in [0.2, 0.25) is 0 Å². The molecule has 8 heteroatoms. The Morgan fingerprint density at radius 3 is 2.95 bits per heavy atom. The topological polar surface area (TPSA) is 72.5 Å². The van der Waals surface area contributed by atoms with E-state index in [4.69, 9.17) is 4.74 Å². The highest BCUT2D eigenvalue weighted by Crippen LogP contribution is 2.23. The smallest absolute Gasteiger partial charge is 0.230 e. The maximum atomic E-state index is 12.9. The van der Waals surface area contributed by atoms with Gasteiger partial charge in [0.05, 0.1) is 23.8 Å². The number of sulfone groups is 1. The van der Waals surface area contributed by atoms with Crippen LogP contribution < -0.4 is 10.1 Å². The average Bonchev–Trinajstić information content (AvgIpc) is 2.81. The first kappa shape index (κ1) is 17.1. The quantitative estimate of drug-likeness (QED) is 0.752. The average molecular weight is 347 g/mol. The lowest BCUT2D eigenvalue weighted by Crippen LogP contribution is -2.30. The van der Waals surface area contributed by atoms with Crippen LogP contribution in [0.1, 0.15) is 6.42 Å². The van der Waals surface area contributed by atoms with Crippen LogP contribution in [0.5, 0.6) is 5.75 Å². The van der Waals surface area contributed by atoms with Gasteiger partial charge in [-0.3, -0.25) is 4.79 Å². The molecule has 1 atom stereocenters. The molecule has 0 aromatic heterocycles.